The molecule has 0 radical (unpaired) electrons. The van der Waals surface area contributed by atoms with Crippen LogP contribution in [0.1, 0.15) is 81.9 Å². The summed E-state index contributed by atoms with van der Waals surface area (Å²) in [6, 6.07) is 12.1. The fourth-order valence-corrected chi connectivity index (χ4v) is 6.33. The number of hydrogen-bond donors (Lipinski definition) is 1. The highest BCUT2D eigenvalue weighted by Gasteiger charge is 2.38. The Morgan fingerprint density at radius 2 is 1.67 bits per heavy atom. The van der Waals surface area contributed by atoms with Crippen molar-refractivity contribution in [1.29, 1.82) is 0 Å². The summed E-state index contributed by atoms with van der Waals surface area (Å²) in [4.78, 5) is 40.3. The van der Waals surface area contributed by atoms with Gasteiger partial charge in [0.25, 0.3) is 0 Å². The molecule has 2 fully saturated rings. The van der Waals surface area contributed by atoms with E-state index in [0.717, 1.165) is 44.1 Å². The van der Waals surface area contributed by atoms with Crippen LogP contribution >= 0.6 is 0 Å². The smallest absolute Gasteiger partial charge is 0.341 e. The number of carbonyl (C=O) groups is 3. The molecule has 2 aliphatic rings. The minimum absolute atomic E-state index is 0.0551. The van der Waals surface area contributed by atoms with Crippen molar-refractivity contribution in [1.82, 2.24) is 4.90 Å². The van der Waals surface area contributed by atoms with E-state index in [1.54, 1.807) is 37.3 Å². The van der Waals surface area contributed by atoms with Crippen LogP contribution in [0, 0.1) is 11.8 Å². The number of carbonyl (C=O) groups excluding carboxylic acids is 2. The maximum Gasteiger partial charge on any atom is 0.341 e. The lowest BCUT2D eigenvalue weighted by atomic mass is 9.80. The van der Waals surface area contributed by atoms with Gasteiger partial charge in [0.15, 0.2) is 18.1 Å². The summed E-state index contributed by atoms with van der Waals surface area (Å²) >= 11 is 0. The Morgan fingerprint density at radius 3 is 2.40 bits per heavy atom. The highest BCUT2D eigenvalue weighted by Crippen LogP contribution is 2.34. The molecule has 1 heterocycles. The lowest BCUT2D eigenvalue weighted by Crippen LogP contribution is -2.51. The van der Waals surface area contributed by atoms with E-state index >= 15 is 0 Å². The predicted octanol–water partition coefficient (Wildman–Crippen LogP) is 5.98. The highest BCUT2D eigenvalue weighted by molar-refractivity contribution is 5.86. The highest BCUT2D eigenvalue weighted by atomic mass is 16.5. The molecule has 0 bridgehead atoms. The average molecular weight is 596 g/mol. The van der Waals surface area contributed by atoms with Crippen molar-refractivity contribution in [3.8, 4) is 17.2 Å². The van der Waals surface area contributed by atoms with Gasteiger partial charge < -0.3 is 29.0 Å². The molecule has 1 N–H and O–H groups in total. The van der Waals surface area contributed by atoms with Crippen LogP contribution in [-0.4, -0.2) is 61.3 Å². The first-order chi connectivity index (χ1) is 20.8. The molecule has 1 saturated heterocycles. The number of hydrogen-bond acceptors (Lipinski definition) is 7. The van der Waals surface area contributed by atoms with E-state index in [9.17, 15) is 14.4 Å². The average Bonchev–Trinajstić information content (AvgIpc) is 3.05. The van der Waals surface area contributed by atoms with Crippen molar-refractivity contribution in [3.63, 3.8) is 0 Å². The molecule has 43 heavy (non-hydrogen) atoms. The molecule has 9 heteroatoms. The van der Waals surface area contributed by atoms with Gasteiger partial charge in [-0.15, -0.1) is 0 Å². The number of carboxylic acid groups (broad SMARTS) is 1. The van der Waals surface area contributed by atoms with Crippen molar-refractivity contribution in [2.24, 2.45) is 11.8 Å². The molecule has 1 saturated carbocycles. The van der Waals surface area contributed by atoms with Crippen molar-refractivity contribution < 1.29 is 38.4 Å². The summed E-state index contributed by atoms with van der Waals surface area (Å²) in [7, 11) is 3.17. The molecule has 9 nitrogen and oxygen atoms in total. The summed E-state index contributed by atoms with van der Waals surface area (Å²) in [5.74, 6) is 0.440. The van der Waals surface area contributed by atoms with E-state index in [0.29, 0.717) is 54.5 Å². The third-order valence-electron chi connectivity index (χ3n) is 8.80. The first kappa shape index (κ1) is 32.2. The number of benzene rings is 2. The van der Waals surface area contributed by atoms with Crippen LogP contribution in [0.5, 0.6) is 17.2 Å². The number of aryl methyl sites for hydroxylation is 1. The predicted molar refractivity (Wildman–Crippen MR) is 161 cm³/mol. The van der Waals surface area contributed by atoms with Gasteiger partial charge in [-0.1, -0.05) is 44.4 Å². The Bertz CT molecular complexity index is 1240. The Morgan fingerprint density at radius 1 is 0.930 bits per heavy atom. The third-order valence-corrected chi connectivity index (χ3v) is 8.80. The second-order valence-electron chi connectivity index (χ2n) is 11.6. The standard InChI is InChI=1S/C34H45NO8/c1-23(25-10-5-4-6-11-25)33(38)35-19-8-7-14-28(35)34(39)43-29(26-12-9-13-27(21-26)42-22-32(36)37)17-15-24-16-18-30(40-2)31(20-24)41-3/h9,12-13,16,18,20-21,23,25,28-29H,4-8,10-11,14-15,17,19,22H2,1-3H3,(H,36,37)/t23?,28?,29-/m1/s1. The first-order valence-corrected chi connectivity index (χ1v) is 15.5. The quantitative estimate of drug-likeness (QED) is 0.282. The molecule has 2 aromatic rings. The Hall–Kier alpha value is -3.75. The third kappa shape index (κ3) is 8.65. The number of methoxy groups -OCH3 is 2. The number of amides is 1. The fourth-order valence-electron chi connectivity index (χ4n) is 6.33. The molecule has 2 unspecified atom stereocenters. The van der Waals surface area contributed by atoms with E-state index in [2.05, 4.69) is 0 Å². The number of esters is 1. The van der Waals surface area contributed by atoms with Gasteiger partial charge in [-0.05, 0) is 86.3 Å². The van der Waals surface area contributed by atoms with Gasteiger partial charge in [0, 0.05) is 12.5 Å². The molecule has 0 aromatic heterocycles. The number of carboxylic acids is 1. The molecule has 234 valence electrons. The minimum atomic E-state index is -1.08. The Labute approximate surface area is 254 Å². The van der Waals surface area contributed by atoms with E-state index in [4.69, 9.17) is 24.1 Å². The number of aliphatic carboxylic acids is 1. The molecular weight excluding hydrogens is 550 g/mol. The van der Waals surface area contributed by atoms with E-state index in [1.165, 1.54) is 6.42 Å². The fraction of sp³-hybridized carbons (Fsp3) is 0.559. The first-order valence-electron chi connectivity index (χ1n) is 15.5. The topological polar surface area (TPSA) is 112 Å². The van der Waals surface area contributed by atoms with Crippen LogP contribution in [0.25, 0.3) is 0 Å². The van der Waals surface area contributed by atoms with Crippen molar-refractivity contribution in [2.75, 3.05) is 27.4 Å². The van der Waals surface area contributed by atoms with Gasteiger partial charge in [0.1, 0.15) is 17.9 Å². The SMILES string of the molecule is COc1ccc(CC[C@@H](OC(=O)C2CCCCN2C(=O)C(C)C2CCCCC2)c2cccc(OCC(=O)O)c2)cc1OC. The van der Waals surface area contributed by atoms with E-state index < -0.39 is 30.7 Å². The summed E-state index contributed by atoms with van der Waals surface area (Å²) < 4.78 is 22.5. The summed E-state index contributed by atoms with van der Waals surface area (Å²) in [6.07, 6.45) is 8.37. The van der Waals surface area contributed by atoms with Gasteiger partial charge >= 0.3 is 11.9 Å². The van der Waals surface area contributed by atoms with E-state index in [1.807, 2.05) is 31.2 Å². The molecule has 0 spiro atoms. The second-order valence-corrected chi connectivity index (χ2v) is 11.6. The lowest BCUT2D eigenvalue weighted by molar-refractivity contribution is -0.163. The zero-order chi connectivity index (χ0) is 30.8. The molecule has 1 aliphatic carbocycles. The second kappa shape index (κ2) is 15.6. The van der Waals surface area contributed by atoms with Crippen LogP contribution in [0.4, 0.5) is 0 Å². The van der Waals surface area contributed by atoms with Crippen LogP contribution in [0.15, 0.2) is 42.5 Å². The summed E-state index contributed by atoms with van der Waals surface area (Å²) in [5.41, 5.74) is 1.67. The van der Waals surface area contributed by atoms with Crippen LogP contribution in [0.3, 0.4) is 0 Å². The summed E-state index contributed by atoms with van der Waals surface area (Å²) in [5, 5.41) is 9.05. The molecule has 4 rings (SSSR count). The van der Waals surface area contributed by atoms with Crippen LogP contribution in [0.2, 0.25) is 0 Å². The molecule has 3 atom stereocenters. The lowest BCUT2D eigenvalue weighted by Gasteiger charge is -2.38. The van der Waals surface area contributed by atoms with Gasteiger partial charge in [-0.25, -0.2) is 9.59 Å². The van der Waals surface area contributed by atoms with E-state index in [-0.39, 0.29) is 11.8 Å². The number of piperidine rings is 1. The largest absolute Gasteiger partial charge is 0.493 e. The molecule has 1 amide bonds. The zero-order valence-electron chi connectivity index (χ0n) is 25.6. The summed E-state index contributed by atoms with van der Waals surface area (Å²) in [6.45, 7) is 2.10. The van der Waals surface area contributed by atoms with Crippen molar-refractivity contribution >= 4 is 17.8 Å². The monoisotopic (exact) mass is 595 g/mol. The molecule has 2 aromatic carbocycles. The van der Waals surface area contributed by atoms with Gasteiger partial charge in [0.05, 0.1) is 14.2 Å². The van der Waals surface area contributed by atoms with Crippen LogP contribution < -0.4 is 14.2 Å². The van der Waals surface area contributed by atoms with Gasteiger partial charge in [-0.2, -0.15) is 0 Å². The normalized spacial score (nSPS) is 18.8. The number of likely N-dealkylation sites (tertiary alicyclic amines) is 1. The minimum Gasteiger partial charge on any atom is -0.493 e. The van der Waals surface area contributed by atoms with Crippen molar-refractivity contribution in [3.05, 3.63) is 53.6 Å². The van der Waals surface area contributed by atoms with Crippen molar-refractivity contribution in [2.45, 2.75) is 83.3 Å². The Balaban J connectivity index is 1.53. The molecule has 1 aliphatic heterocycles. The zero-order valence-corrected chi connectivity index (χ0v) is 25.6. The number of rotatable bonds is 13. The number of nitrogens with zero attached hydrogens (tertiary/aromatic N) is 1. The van der Waals surface area contributed by atoms with Gasteiger partial charge in [-0.3, -0.25) is 4.79 Å². The maximum atomic E-state index is 13.8. The van der Waals surface area contributed by atoms with Crippen LogP contribution in [-0.2, 0) is 25.5 Å². The molecular formula is C34H45NO8. The number of ether oxygens (including phenoxy) is 4. The maximum absolute atomic E-state index is 13.8. The van der Waals surface area contributed by atoms with Gasteiger partial charge in [0.2, 0.25) is 5.91 Å². The Kier molecular flexibility index (Phi) is 11.7.